The lowest BCUT2D eigenvalue weighted by Crippen LogP contribution is -2.13. The average molecular weight is 380 g/mol. The maximum Gasteiger partial charge on any atom is 0.258 e. The highest BCUT2D eigenvalue weighted by molar-refractivity contribution is 6.33. The van der Waals surface area contributed by atoms with Crippen LogP contribution in [-0.4, -0.2) is 21.7 Å². The Bertz CT molecular complexity index is 957. The highest BCUT2D eigenvalue weighted by Gasteiger charge is 2.12. The van der Waals surface area contributed by atoms with E-state index in [0.717, 1.165) is 11.4 Å². The predicted octanol–water partition coefficient (Wildman–Crippen LogP) is 4.51. The molecule has 136 valence electrons. The molecule has 0 atom stereocenters. The second-order valence-electron chi connectivity index (χ2n) is 6.07. The molecule has 1 aromatic carbocycles. The number of carbonyl (C=O) groups is 2. The van der Waals surface area contributed by atoms with Crippen molar-refractivity contribution in [1.82, 2.24) is 9.97 Å². The van der Waals surface area contributed by atoms with Crippen LogP contribution >= 0.6 is 11.6 Å². The molecule has 0 spiro atoms. The molecular formula is C21H18ClN3O2. The molecule has 2 aromatic heterocycles. The van der Waals surface area contributed by atoms with Gasteiger partial charge in [-0.05, 0) is 61.9 Å². The molecule has 0 aliphatic rings. The van der Waals surface area contributed by atoms with E-state index < -0.39 is 0 Å². The summed E-state index contributed by atoms with van der Waals surface area (Å²) in [6, 6.07) is 15.8. The van der Waals surface area contributed by atoms with Crippen molar-refractivity contribution in [2.45, 2.75) is 19.8 Å². The van der Waals surface area contributed by atoms with Crippen molar-refractivity contribution in [3.63, 3.8) is 0 Å². The summed E-state index contributed by atoms with van der Waals surface area (Å²) in [6.45, 7) is 1.80. The summed E-state index contributed by atoms with van der Waals surface area (Å²) in [5, 5.41) is 2.92. The fourth-order valence-corrected chi connectivity index (χ4v) is 2.85. The predicted molar refractivity (Wildman–Crippen MR) is 105 cm³/mol. The fourth-order valence-electron chi connectivity index (χ4n) is 2.56. The first-order valence-corrected chi connectivity index (χ1v) is 8.88. The number of aryl methyl sites for hydroxylation is 2. The van der Waals surface area contributed by atoms with Crippen molar-refractivity contribution in [2.75, 3.05) is 5.32 Å². The molecule has 6 heteroatoms. The molecule has 0 saturated heterocycles. The number of nitrogens with zero attached hydrogens (tertiary/aromatic N) is 2. The van der Waals surface area contributed by atoms with Crippen LogP contribution < -0.4 is 5.32 Å². The van der Waals surface area contributed by atoms with E-state index in [1.54, 1.807) is 49.5 Å². The molecule has 0 fully saturated rings. The topological polar surface area (TPSA) is 72.0 Å². The smallest absolute Gasteiger partial charge is 0.258 e. The Morgan fingerprint density at radius 3 is 2.48 bits per heavy atom. The Balaban J connectivity index is 1.61. The number of hydrogen-bond donors (Lipinski definition) is 1. The molecule has 5 nitrogen and oxygen atoms in total. The number of aromatic nitrogens is 2. The van der Waals surface area contributed by atoms with Crippen LogP contribution in [0.5, 0.6) is 0 Å². The molecule has 0 aliphatic carbocycles. The van der Waals surface area contributed by atoms with Gasteiger partial charge < -0.3 is 5.32 Å². The number of pyridine rings is 2. The van der Waals surface area contributed by atoms with Crippen molar-refractivity contribution in [1.29, 1.82) is 0 Å². The van der Waals surface area contributed by atoms with E-state index in [1.165, 1.54) is 0 Å². The van der Waals surface area contributed by atoms with Crippen molar-refractivity contribution in [3.8, 4) is 0 Å². The summed E-state index contributed by atoms with van der Waals surface area (Å²) >= 11 is 6.02. The lowest BCUT2D eigenvalue weighted by Gasteiger charge is -2.08. The first-order chi connectivity index (χ1) is 13.0. The van der Waals surface area contributed by atoms with E-state index in [2.05, 4.69) is 15.3 Å². The van der Waals surface area contributed by atoms with Crippen molar-refractivity contribution >= 4 is 29.0 Å². The minimum absolute atomic E-state index is 0.0318. The third kappa shape index (κ3) is 4.99. The summed E-state index contributed by atoms with van der Waals surface area (Å²) in [7, 11) is 0. The molecule has 0 bridgehead atoms. The number of carbonyl (C=O) groups excluding carboxylic acids is 2. The number of rotatable bonds is 6. The van der Waals surface area contributed by atoms with Crippen LogP contribution in [-0.2, 0) is 6.42 Å². The number of benzene rings is 1. The van der Waals surface area contributed by atoms with Gasteiger partial charge in [0.25, 0.3) is 5.91 Å². The van der Waals surface area contributed by atoms with Crippen LogP contribution in [0.1, 0.15) is 38.5 Å². The van der Waals surface area contributed by atoms with Gasteiger partial charge in [0.2, 0.25) is 0 Å². The normalized spacial score (nSPS) is 10.4. The number of amides is 1. The van der Waals surface area contributed by atoms with E-state index in [1.807, 2.05) is 18.2 Å². The van der Waals surface area contributed by atoms with Crippen LogP contribution in [0.25, 0.3) is 0 Å². The van der Waals surface area contributed by atoms with Crippen molar-refractivity contribution < 1.29 is 9.59 Å². The Morgan fingerprint density at radius 1 is 1.04 bits per heavy atom. The van der Waals surface area contributed by atoms with E-state index in [-0.39, 0.29) is 16.8 Å². The first-order valence-electron chi connectivity index (χ1n) is 8.50. The third-order valence-corrected chi connectivity index (χ3v) is 4.32. The molecule has 0 radical (unpaired) electrons. The Labute approximate surface area is 162 Å². The minimum Gasteiger partial charge on any atom is -0.322 e. The van der Waals surface area contributed by atoms with Crippen LogP contribution in [0, 0.1) is 6.92 Å². The molecule has 0 unspecified atom stereocenters. The van der Waals surface area contributed by atoms with Crippen molar-refractivity contribution in [2.24, 2.45) is 0 Å². The Kier molecular flexibility index (Phi) is 5.94. The SMILES string of the molecule is Cc1ccc(C(=O)Nc2ccc(C(=O)CCc3ccccn3)cc2)c(Cl)n1. The molecule has 3 rings (SSSR count). The van der Waals surface area contributed by atoms with Gasteiger partial charge in [0, 0.05) is 35.3 Å². The third-order valence-electron chi connectivity index (χ3n) is 4.03. The van der Waals surface area contributed by atoms with Crippen LogP contribution in [0.2, 0.25) is 5.15 Å². The molecule has 0 aliphatic heterocycles. The lowest BCUT2D eigenvalue weighted by atomic mass is 10.0. The monoisotopic (exact) mass is 379 g/mol. The molecule has 0 saturated carbocycles. The zero-order chi connectivity index (χ0) is 19.2. The lowest BCUT2D eigenvalue weighted by molar-refractivity contribution is 0.0981. The van der Waals surface area contributed by atoms with E-state index in [4.69, 9.17) is 11.6 Å². The van der Waals surface area contributed by atoms with Crippen LogP contribution in [0.4, 0.5) is 5.69 Å². The molecule has 3 aromatic rings. The number of Topliss-reactive ketones (excluding diaryl/α,β-unsaturated/α-hetero) is 1. The van der Waals surface area contributed by atoms with E-state index in [0.29, 0.717) is 29.7 Å². The Hall–Kier alpha value is -3.05. The maximum absolute atomic E-state index is 12.3. The second kappa shape index (κ2) is 8.56. The highest BCUT2D eigenvalue weighted by atomic mass is 35.5. The second-order valence-corrected chi connectivity index (χ2v) is 6.42. The average Bonchev–Trinajstić information content (AvgIpc) is 2.67. The summed E-state index contributed by atoms with van der Waals surface area (Å²) in [5.41, 5.74) is 3.11. The molecule has 1 N–H and O–H groups in total. The quantitative estimate of drug-likeness (QED) is 0.505. The van der Waals surface area contributed by atoms with Gasteiger partial charge in [0.05, 0.1) is 5.56 Å². The summed E-state index contributed by atoms with van der Waals surface area (Å²) in [6.07, 6.45) is 2.69. The fraction of sp³-hybridized carbons (Fsp3) is 0.143. The van der Waals surface area contributed by atoms with Gasteiger partial charge in [-0.15, -0.1) is 0 Å². The molecular weight excluding hydrogens is 362 g/mol. The van der Waals surface area contributed by atoms with Gasteiger partial charge in [-0.2, -0.15) is 0 Å². The zero-order valence-electron chi connectivity index (χ0n) is 14.8. The number of anilines is 1. The van der Waals surface area contributed by atoms with Crippen molar-refractivity contribution in [3.05, 3.63) is 88.5 Å². The number of ketones is 1. The van der Waals surface area contributed by atoms with Gasteiger partial charge in [-0.3, -0.25) is 14.6 Å². The Morgan fingerprint density at radius 2 is 1.81 bits per heavy atom. The van der Waals surface area contributed by atoms with Crippen LogP contribution in [0.15, 0.2) is 60.8 Å². The van der Waals surface area contributed by atoms with Gasteiger partial charge >= 0.3 is 0 Å². The van der Waals surface area contributed by atoms with Gasteiger partial charge in [-0.25, -0.2) is 4.98 Å². The molecule has 27 heavy (non-hydrogen) atoms. The van der Waals surface area contributed by atoms with Crippen LogP contribution in [0.3, 0.4) is 0 Å². The zero-order valence-corrected chi connectivity index (χ0v) is 15.5. The summed E-state index contributed by atoms with van der Waals surface area (Å²) in [5.74, 6) is -0.314. The number of hydrogen-bond acceptors (Lipinski definition) is 4. The first kappa shape index (κ1) is 18.7. The summed E-state index contributed by atoms with van der Waals surface area (Å²) < 4.78 is 0. The highest BCUT2D eigenvalue weighted by Crippen LogP contribution is 2.17. The molecule has 2 heterocycles. The number of nitrogens with one attached hydrogen (secondary N) is 1. The standard InChI is InChI=1S/C21H18ClN3O2/c1-14-5-11-18(20(22)24-14)21(27)25-17-8-6-15(7-9-17)19(26)12-10-16-4-2-3-13-23-16/h2-9,11,13H,10,12H2,1H3,(H,25,27). The largest absolute Gasteiger partial charge is 0.322 e. The van der Waals surface area contributed by atoms with Gasteiger partial charge in [-0.1, -0.05) is 17.7 Å². The minimum atomic E-state index is -0.346. The summed E-state index contributed by atoms with van der Waals surface area (Å²) in [4.78, 5) is 32.9. The van der Waals surface area contributed by atoms with Gasteiger partial charge in [0.15, 0.2) is 5.78 Å². The maximum atomic E-state index is 12.3. The number of halogens is 1. The van der Waals surface area contributed by atoms with E-state index >= 15 is 0 Å². The van der Waals surface area contributed by atoms with E-state index in [9.17, 15) is 9.59 Å². The molecule has 1 amide bonds. The van der Waals surface area contributed by atoms with Gasteiger partial charge in [0.1, 0.15) is 5.15 Å².